The molecule has 1 saturated heterocycles. The lowest BCUT2D eigenvalue weighted by molar-refractivity contribution is 0.0315. The summed E-state index contributed by atoms with van der Waals surface area (Å²) >= 11 is 0. The number of para-hydroxylation sites is 1. The van der Waals surface area contributed by atoms with E-state index in [0.717, 1.165) is 43.9 Å². The van der Waals surface area contributed by atoms with Gasteiger partial charge in [-0.2, -0.15) is 0 Å². The number of piperidine rings is 1. The zero-order valence-corrected chi connectivity index (χ0v) is 14.7. The van der Waals surface area contributed by atoms with Crippen molar-refractivity contribution in [1.29, 1.82) is 0 Å². The smallest absolute Gasteiger partial charge is 0.119 e. The number of nitrogens with zero attached hydrogens (tertiary/aromatic N) is 1. The van der Waals surface area contributed by atoms with Crippen LogP contribution in [0.5, 0.6) is 11.5 Å². The first-order valence-corrected chi connectivity index (χ1v) is 9.02. The van der Waals surface area contributed by atoms with Crippen molar-refractivity contribution in [1.82, 2.24) is 4.90 Å². The molecule has 0 amide bonds. The molecule has 0 bridgehead atoms. The second-order valence-electron chi connectivity index (χ2n) is 6.88. The van der Waals surface area contributed by atoms with Gasteiger partial charge >= 0.3 is 0 Å². The maximum atomic E-state index is 10.6. The van der Waals surface area contributed by atoms with Gasteiger partial charge in [-0.05, 0) is 68.6 Å². The Kier molecular flexibility index (Phi) is 5.95. The zero-order valence-electron chi connectivity index (χ0n) is 14.7. The van der Waals surface area contributed by atoms with Gasteiger partial charge in [-0.3, -0.25) is 4.90 Å². The highest BCUT2D eigenvalue weighted by Crippen LogP contribution is 2.27. The van der Waals surface area contributed by atoms with Crippen molar-refractivity contribution >= 4 is 0 Å². The van der Waals surface area contributed by atoms with E-state index in [1.807, 2.05) is 30.3 Å². The topological polar surface area (TPSA) is 52.9 Å². The Balaban J connectivity index is 1.47. The largest absolute Gasteiger partial charge is 0.508 e. The fraction of sp³-hybridized carbons (Fsp3) is 0.429. The molecule has 3 rings (SSSR count). The van der Waals surface area contributed by atoms with Crippen LogP contribution in [0.25, 0.3) is 0 Å². The summed E-state index contributed by atoms with van der Waals surface area (Å²) in [5.41, 5.74) is 0.847. The Morgan fingerprint density at radius 1 is 1.04 bits per heavy atom. The van der Waals surface area contributed by atoms with Crippen LogP contribution in [-0.4, -0.2) is 40.9 Å². The molecule has 2 aromatic rings. The molecular weight excluding hydrogens is 314 g/mol. The molecule has 2 atom stereocenters. The first-order valence-electron chi connectivity index (χ1n) is 9.02. The molecule has 4 heteroatoms. The van der Waals surface area contributed by atoms with Gasteiger partial charge in [0, 0.05) is 6.04 Å². The quantitative estimate of drug-likeness (QED) is 0.843. The number of phenols is 1. The Morgan fingerprint density at radius 2 is 1.68 bits per heavy atom. The molecule has 25 heavy (non-hydrogen) atoms. The van der Waals surface area contributed by atoms with Gasteiger partial charge in [-0.25, -0.2) is 0 Å². The molecule has 0 aliphatic carbocycles. The molecule has 2 unspecified atom stereocenters. The van der Waals surface area contributed by atoms with E-state index < -0.39 is 6.10 Å². The molecule has 1 aliphatic rings. The number of ether oxygens (including phenoxy) is 1. The predicted molar refractivity (Wildman–Crippen MR) is 98.8 cm³/mol. The van der Waals surface area contributed by atoms with Crippen molar-refractivity contribution < 1.29 is 14.9 Å². The van der Waals surface area contributed by atoms with Gasteiger partial charge in [-0.15, -0.1) is 0 Å². The van der Waals surface area contributed by atoms with Crippen molar-refractivity contribution in [2.24, 2.45) is 5.92 Å². The van der Waals surface area contributed by atoms with Gasteiger partial charge in [0.1, 0.15) is 11.5 Å². The van der Waals surface area contributed by atoms with Gasteiger partial charge in [-0.1, -0.05) is 30.3 Å². The second kappa shape index (κ2) is 8.37. The SMILES string of the molecule is CC(C(O)c1ccc(O)cc1)N1CCC(COc2ccccc2)CC1. The molecule has 4 nitrogen and oxygen atoms in total. The van der Waals surface area contributed by atoms with E-state index in [0.29, 0.717) is 5.92 Å². The summed E-state index contributed by atoms with van der Waals surface area (Å²) in [5, 5.41) is 20.0. The van der Waals surface area contributed by atoms with Crippen molar-refractivity contribution in [3.05, 3.63) is 60.2 Å². The van der Waals surface area contributed by atoms with E-state index in [2.05, 4.69) is 11.8 Å². The van der Waals surface area contributed by atoms with Crippen LogP contribution < -0.4 is 4.74 Å². The molecule has 2 N–H and O–H groups in total. The van der Waals surface area contributed by atoms with E-state index in [9.17, 15) is 10.2 Å². The Hall–Kier alpha value is -2.04. The Bertz CT molecular complexity index is 636. The van der Waals surface area contributed by atoms with Crippen LogP contribution in [0, 0.1) is 5.92 Å². The molecule has 0 saturated carbocycles. The van der Waals surface area contributed by atoms with Gasteiger partial charge in [0.25, 0.3) is 0 Å². The van der Waals surface area contributed by atoms with Crippen molar-refractivity contribution in [2.45, 2.75) is 31.9 Å². The minimum absolute atomic E-state index is 0.0561. The minimum Gasteiger partial charge on any atom is -0.508 e. The Morgan fingerprint density at radius 3 is 2.32 bits per heavy atom. The monoisotopic (exact) mass is 341 g/mol. The first-order chi connectivity index (χ1) is 12.1. The summed E-state index contributed by atoms with van der Waals surface area (Å²) in [7, 11) is 0. The molecule has 0 spiro atoms. The number of aromatic hydroxyl groups is 1. The summed E-state index contributed by atoms with van der Waals surface area (Å²) < 4.78 is 5.88. The lowest BCUT2D eigenvalue weighted by atomic mass is 9.94. The average molecular weight is 341 g/mol. The molecule has 1 aliphatic heterocycles. The molecule has 2 aromatic carbocycles. The van der Waals surface area contributed by atoms with Gasteiger partial charge in [0.05, 0.1) is 12.7 Å². The molecule has 1 heterocycles. The summed E-state index contributed by atoms with van der Waals surface area (Å²) in [6.07, 6.45) is 1.62. The third-order valence-electron chi connectivity index (χ3n) is 5.15. The summed E-state index contributed by atoms with van der Waals surface area (Å²) in [4.78, 5) is 2.34. The number of aliphatic hydroxyl groups is 1. The van der Waals surface area contributed by atoms with Crippen LogP contribution in [0.1, 0.15) is 31.4 Å². The van der Waals surface area contributed by atoms with Crippen molar-refractivity contribution in [2.75, 3.05) is 19.7 Å². The summed E-state index contributed by atoms with van der Waals surface area (Å²) in [6, 6.07) is 16.8. The first kappa shape index (κ1) is 17.8. The van der Waals surface area contributed by atoms with Crippen molar-refractivity contribution in [3.63, 3.8) is 0 Å². The van der Waals surface area contributed by atoms with E-state index in [4.69, 9.17) is 4.74 Å². The molecule has 0 radical (unpaired) electrons. The standard InChI is InChI=1S/C21H27NO3/c1-16(21(24)18-7-9-19(23)10-8-18)22-13-11-17(12-14-22)15-25-20-5-3-2-4-6-20/h2-10,16-17,21,23-24H,11-15H2,1H3. The molecular formula is C21H27NO3. The zero-order chi connectivity index (χ0) is 17.6. The van der Waals surface area contributed by atoms with Crippen LogP contribution in [0.4, 0.5) is 0 Å². The highest BCUT2D eigenvalue weighted by atomic mass is 16.5. The van der Waals surface area contributed by atoms with Crippen LogP contribution in [0.15, 0.2) is 54.6 Å². The Labute approximate surface area is 149 Å². The van der Waals surface area contributed by atoms with Gasteiger partial charge < -0.3 is 14.9 Å². The lowest BCUT2D eigenvalue weighted by Gasteiger charge is -2.38. The fourth-order valence-electron chi connectivity index (χ4n) is 3.41. The van der Waals surface area contributed by atoms with Gasteiger partial charge in [0.15, 0.2) is 0 Å². The number of likely N-dealkylation sites (tertiary alicyclic amines) is 1. The highest BCUT2D eigenvalue weighted by Gasteiger charge is 2.27. The molecule has 134 valence electrons. The summed E-state index contributed by atoms with van der Waals surface area (Å²) in [5.74, 6) is 1.72. The van der Waals surface area contributed by atoms with E-state index in [-0.39, 0.29) is 11.8 Å². The third-order valence-corrected chi connectivity index (χ3v) is 5.15. The number of hydrogen-bond donors (Lipinski definition) is 2. The van der Waals surface area contributed by atoms with Crippen LogP contribution in [0.2, 0.25) is 0 Å². The van der Waals surface area contributed by atoms with E-state index in [1.54, 1.807) is 24.3 Å². The predicted octanol–water partition coefficient (Wildman–Crippen LogP) is 3.61. The van der Waals surface area contributed by atoms with Crippen LogP contribution in [0.3, 0.4) is 0 Å². The van der Waals surface area contributed by atoms with Gasteiger partial charge in [0.2, 0.25) is 0 Å². The number of hydrogen-bond acceptors (Lipinski definition) is 4. The highest BCUT2D eigenvalue weighted by molar-refractivity contribution is 5.28. The van der Waals surface area contributed by atoms with Crippen LogP contribution in [-0.2, 0) is 0 Å². The molecule has 0 aromatic heterocycles. The number of aliphatic hydroxyl groups excluding tert-OH is 1. The summed E-state index contributed by atoms with van der Waals surface area (Å²) in [6.45, 7) is 4.77. The normalized spacial score (nSPS) is 18.6. The number of phenolic OH excluding ortho intramolecular Hbond substituents is 1. The van der Waals surface area contributed by atoms with Crippen LogP contribution >= 0.6 is 0 Å². The van der Waals surface area contributed by atoms with Crippen molar-refractivity contribution in [3.8, 4) is 11.5 Å². The maximum Gasteiger partial charge on any atom is 0.119 e. The average Bonchev–Trinajstić information content (AvgIpc) is 2.67. The fourth-order valence-corrected chi connectivity index (χ4v) is 3.41. The number of benzene rings is 2. The number of rotatable bonds is 6. The third kappa shape index (κ3) is 4.74. The molecule has 1 fully saturated rings. The van der Waals surface area contributed by atoms with E-state index >= 15 is 0 Å². The minimum atomic E-state index is -0.544. The lowest BCUT2D eigenvalue weighted by Crippen LogP contribution is -2.43. The maximum absolute atomic E-state index is 10.6. The second-order valence-corrected chi connectivity index (χ2v) is 6.88. The van der Waals surface area contributed by atoms with E-state index in [1.165, 1.54) is 0 Å².